The highest BCUT2D eigenvalue weighted by atomic mass is 32.2. The Morgan fingerprint density at radius 3 is 2.63 bits per heavy atom. The molecule has 0 radical (unpaired) electrons. The maximum atomic E-state index is 12.1. The highest BCUT2D eigenvalue weighted by molar-refractivity contribution is 7.91. The van der Waals surface area contributed by atoms with E-state index >= 15 is 0 Å². The van der Waals surface area contributed by atoms with E-state index in [1.54, 1.807) is 0 Å². The summed E-state index contributed by atoms with van der Waals surface area (Å²) in [5.41, 5.74) is 0.660. The van der Waals surface area contributed by atoms with Crippen LogP contribution in [0.15, 0.2) is 9.72 Å². The summed E-state index contributed by atoms with van der Waals surface area (Å²) in [5.74, 6) is -1.20. The predicted octanol–water partition coefficient (Wildman–Crippen LogP) is 0.527. The second-order valence-electron chi connectivity index (χ2n) is 4.42. The zero-order valence-corrected chi connectivity index (χ0v) is 12.2. The zero-order valence-electron chi connectivity index (χ0n) is 10.5. The van der Waals surface area contributed by atoms with Crippen LogP contribution in [0, 0.1) is 5.92 Å². The fraction of sp³-hybridized carbons (Fsp3) is 0.600. The van der Waals surface area contributed by atoms with Crippen LogP contribution in [0.1, 0.15) is 30.8 Å². The van der Waals surface area contributed by atoms with Gasteiger partial charge in [-0.1, -0.05) is 13.8 Å². The van der Waals surface area contributed by atoms with Gasteiger partial charge in [0.05, 0.1) is 12.1 Å². The second-order valence-corrected chi connectivity index (χ2v) is 7.19. The summed E-state index contributed by atoms with van der Waals surface area (Å²) in [6, 6.07) is -0.645. The van der Waals surface area contributed by atoms with Gasteiger partial charge >= 0.3 is 5.97 Å². The van der Waals surface area contributed by atoms with Gasteiger partial charge in [0.1, 0.15) is 0 Å². The van der Waals surface area contributed by atoms with Gasteiger partial charge in [-0.15, -0.1) is 11.3 Å². The lowest BCUT2D eigenvalue weighted by Gasteiger charge is -2.17. The third-order valence-electron chi connectivity index (χ3n) is 2.28. The molecule has 108 valence electrons. The molecule has 0 spiro atoms. The molecule has 0 saturated heterocycles. The number of hydrogen-bond acceptors (Lipinski definition) is 6. The Hall–Kier alpha value is -1.03. The van der Waals surface area contributed by atoms with Crippen molar-refractivity contribution in [2.45, 2.75) is 30.5 Å². The molecule has 7 nitrogen and oxygen atoms in total. The maximum Gasteiger partial charge on any atom is 0.356 e. The van der Waals surface area contributed by atoms with Crippen LogP contribution in [-0.2, 0) is 10.0 Å². The molecule has 1 aromatic rings. The van der Waals surface area contributed by atoms with E-state index in [2.05, 4.69) is 9.71 Å². The van der Waals surface area contributed by atoms with Gasteiger partial charge in [0.15, 0.2) is 9.90 Å². The number of hydrogen-bond donors (Lipinski definition) is 3. The maximum absolute atomic E-state index is 12.1. The van der Waals surface area contributed by atoms with Crippen LogP contribution in [-0.4, -0.2) is 42.2 Å². The number of sulfonamides is 1. The Labute approximate surface area is 115 Å². The highest BCUT2D eigenvalue weighted by Crippen LogP contribution is 2.20. The lowest BCUT2D eigenvalue weighted by molar-refractivity contribution is 0.0687. The smallest absolute Gasteiger partial charge is 0.356 e. The molecule has 0 saturated carbocycles. The van der Waals surface area contributed by atoms with Gasteiger partial charge in [-0.2, -0.15) is 0 Å². The molecule has 1 unspecified atom stereocenters. The lowest BCUT2D eigenvalue weighted by atomic mass is 10.1. The molecular weight excluding hydrogens is 292 g/mol. The quantitative estimate of drug-likeness (QED) is 0.676. The minimum atomic E-state index is -3.98. The fourth-order valence-corrected chi connectivity index (χ4v) is 3.97. The van der Waals surface area contributed by atoms with Crippen molar-refractivity contribution in [3.05, 3.63) is 11.2 Å². The average Bonchev–Trinajstić information content (AvgIpc) is 2.76. The molecule has 0 amide bonds. The van der Waals surface area contributed by atoms with E-state index in [-0.39, 0.29) is 16.7 Å². The second kappa shape index (κ2) is 6.42. The normalized spacial score (nSPS) is 13.7. The van der Waals surface area contributed by atoms with Crippen LogP contribution in [0.2, 0.25) is 0 Å². The molecule has 1 heterocycles. The van der Waals surface area contributed by atoms with E-state index in [1.807, 2.05) is 13.8 Å². The fourth-order valence-electron chi connectivity index (χ4n) is 1.57. The number of aromatic nitrogens is 1. The Morgan fingerprint density at radius 1 is 1.53 bits per heavy atom. The number of carboxylic acids is 1. The molecule has 0 aliphatic rings. The lowest BCUT2D eigenvalue weighted by Crippen LogP contribution is -2.38. The molecule has 19 heavy (non-hydrogen) atoms. The number of nitrogens with one attached hydrogen (secondary N) is 1. The largest absolute Gasteiger partial charge is 0.476 e. The summed E-state index contributed by atoms with van der Waals surface area (Å²) in [4.78, 5) is 14.4. The molecule has 1 rings (SSSR count). The topological polar surface area (TPSA) is 117 Å². The Morgan fingerprint density at radius 2 is 2.16 bits per heavy atom. The van der Waals surface area contributed by atoms with Gasteiger partial charge in [0.2, 0.25) is 0 Å². The monoisotopic (exact) mass is 308 g/mol. The van der Waals surface area contributed by atoms with Crippen LogP contribution in [0.25, 0.3) is 0 Å². The van der Waals surface area contributed by atoms with Gasteiger partial charge in [-0.05, 0) is 12.3 Å². The number of aliphatic hydroxyl groups is 1. The van der Waals surface area contributed by atoms with E-state index < -0.39 is 27.7 Å². The number of carbonyl (C=O) groups is 1. The summed E-state index contributed by atoms with van der Waals surface area (Å²) < 4.78 is 26.1. The molecule has 0 bridgehead atoms. The van der Waals surface area contributed by atoms with Crippen molar-refractivity contribution in [1.29, 1.82) is 0 Å². The standard InChI is InChI=1S/C10H16N2O5S2/c1-6(2)3-7(4-13)12-19(16,17)10-8(9(14)15)11-5-18-10/h5-7,12-13H,3-4H2,1-2H3,(H,14,15). The Balaban J connectivity index is 2.97. The van der Waals surface area contributed by atoms with Gasteiger partial charge in [-0.25, -0.2) is 22.9 Å². The molecule has 1 atom stereocenters. The minimum Gasteiger partial charge on any atom is -0.476 e. The van der Waals surface area contributed by atoms with Crippen LogP contribution in [0.4, 0.5) is 0 Å². The Bertz CT molecular complexity index is 538. The summed E-state index contributed by atoms with van der Waals surface area (Å²) in [7, 11) is -3.98. The van der Waals surface area contributed by atoms with E-state index in [0.29, 0.717) is 6.42 Å². The number of aromatic carboxylic acids is 1. The summed E-state index contributed by atoms with van der Waals surface area (Å²) >= 11 is 0.732. The zero-order chi connectivity index (χ0) is 14.6. The molecule has 1 aromatic heterocycles. The summed E-state index contributed by atoms with van der Waals surface area (Å²) in [6.07, 6.45) is 0.455. The number of aliphatic hydroxyl groups excluding tert-OH is 1. The van der Waals surface area contributed by atoms with Gasteiger partial charge < -0.3 is 10.2 Å². The van der Waals surface area contributed by atoms with Gasteiger partial charge in [0.25, 0.3) is 10.0 Å². The van der Waals surface area contributed by atoms with Crippen molar-refractivity contribution >= 4 is 27.3 Å². The SMILES string of the molecule is CC(C)CC(CO)NS(=O)(=O)c1scnc1C(=O)O. The average molecular weight is 308 g/mol. The van der Waals surface area contributed by atoms with Crippen LogP contribution < -0.4 is 4.72 Å². The van der Waals surface area contributed by atoms with E-state index in [1.165, 1.54) is 0 Å². The van der Waals surface area contributed by atoms with E-state index in [4.69, 9.17) is 10.2 Å². The van der Waals surface area contributed by atoms with E-state index in [0.717, 1.165) is 16.8 Å². The van der Waals surface area contributed by atoms with Crippen LogP contribution in [0.3, 0.4) is 0 Å². The van der Waals surface area contributed by atoms with Crippen molar-refractivity contribution in [2.24, 2.45) is 5.92 Å². The van der Waals surface area contributed by atoms with Crippen molar-refractivity contribution in [3.8, 4) is 0 Å². The first-order valence-electron chi connectivity index (χ1n) is 5.58. The molecule has 9 heteroatoms. The van der Waals surface area contributed by atoms with Crippen LogP contribution >= 0.6 is 11.3 Å². The van der Waals surface area contributed by atoms with Crippen molar-refractivity contribution in [2.75, 3.05) is 6.61 Å². The van der Waals surface area contributed by atoms with Gasteiger partial charge in [0, 0.05) is 6.04 Å². The summed E-state index contributed by atoms with van der Waals surface area (Å²) in [5, 5.41) is 18.0. The first kappa shape index (κ1) is 16.0. The first-order chi connectivity index (χ1) is 8.77. The van der Waals surface area contributed by atoms with Crippen molar-refractivity contribution < 1.29 is 23.4 Å². The van der Waals surface area contributed by atoms with Crippen molar-refractivity contribution in [1.82, 2.24) is 9.71 Å². The molecule has 0 aromatic carbocycles. The number of thiazole rings is 1. The van der Waals surface area contributed by atoms with Crippen LogP contribution in [0.5, 0.6) is 0 Å². The highest BCUT2D eigenvalue weighted by Gasteiger charge is 2.28. The van der Waals surface area contributed by atoms with Gasteiger partial charge in [-0.3, -0.25) is 0 Å². The molecule has 0 fully saturated rings. The number of carboxylic acid groups (broad SMARTS) is 1. The Kier molecular flexibility index (Phi) is 5.41. The summed E-state index contributed by atoms with van der Waals surface area (Å²) in [6.45, 7) is 3.44. The molecular formula is C10H16N2O5S2. The van der Waals surface area contributed by atoms with Crippen molar-refractivity contribution in [3.63, 3.8) is 0 Å². The third-order valence-corrected chi connectivity index (χ3v) is 5.17. The first-order valence-corrected chi connectivity index (χ1v) is 7.94. The minimum absolute atomic E-state index is 0.195. The number of rotatable bonds is 7. The molecule has 0 aliphatic carbocycles. The van der Waals surface area contributed by atoms with E-state index in [9.17, 15) is 13.2 Å². The number of nitrogens with zero attached hydrogens (tertiary/aromatic N) is 1. The molecule has 3 N–H and O–H groups in total. The molecule has 0 aliphatic heterocycles. The third kappa shape index (κ3) is 4.23. The predicted molar refractivity (Wildman–Crippen MR) is 69.7 cm³/mol.